The number of hydrogen-bond donors (Lipinski definition) is 0. The van der Waals surface area contributed by atoms with E-state index in [1.54, 1.807) is 16.7 Å². The van der Waals surface area contributed by atoms with Crippen molar-refractivity contribution in [2.75, 3.05) is 4.90 Å². The third-order valence-electron chi connectivity index (χ3n) is 25.2. The van der Waals surface area contributed by atoms with Crippen LogP contribution in [0.25, 0.3) is 110 Å². The Labute approximate surface area is 593 Å². The molecule has 4 heteroatoms. The minimum absolute atomic E-state index is 0.149. The lowest BCUT2D eigenvalue weighted by Gasteiger charge is -2.40. The van der Waals surface area contributed by atoms with E-state index < -0.39 is 0 Å². The maximum absolute atomic E-state index is 7.66. The quantitative estimate of drug-likeness (QED) is 0.0481. The minimum atomic E-state index is -0.315. The van der Waals surface area contributed by atoms with Gasteiger partial charge in [-0.3, -0.25) is 0 Å². The van der Waals surface area contributed by atoms with E-state index in [1.165, 1.54) is 241 Å². The first kappa shape index (κ1) is 64.8. The van der Waals surface area contributed by atoms with Crippen molar-refractivity contribution in [3.05, 3.63) is 220 Å². The van der Waals surface area contributed by atoms with E-state index >= 15 is 0 Å². The summed E-state index contributed by atoms with van der Waals surface area (Å²) in [6.07, 6.45) is 29.7. The van der Waals surface area contributed by atoms with Crippen molar-refractivity contribution >= 4 is 82.9 Å². The van der Waals surface area contributed by atoms with Crippen LogP contribution in [0, 0.1) is 0 Å². The molecule has 0 amide bonds. The Balaban J connectivity index is 0.901. The zero-order valence-electron chi connectivity index (χ0n) is 60.9. The fourth-order valence-corrected chi connectivity index (χ4v) is 20.2. The number of nitrogens with zero attached hydrogens (tertiary/aromatic N) is 1. The number of anilines is 3. The van der Waals surface area contributed by atoms with Crippen LogP contribution in [0.1, 0.15) is 254 Å². The number of para-hydroxylation sites is 3. The molecule has 0 saturated heterocycles. The van der Waals surface area contributed by atoms with Gasteiger partial charge in [0.2, 0.25) is 0 Å². The van der Waals surface area contributed by atoms with E-state index in [2.05, 4.69) is 236 Å². The number of unbranched alkanes of at least 4 members (excludes halogenated alkanes) is 16. The van der Waals surface area contributed by atoms with Gasteiger partial charge in [0.05, 0.1) is 0 Å². The summed E-state index contributed by atoms with van der Waals surface area (Å²) in [6.45, 7) is 19.3. The van der Waals surface area contributed by atoms with Crippen molar-refractivity contribution in [2.45, 2.75) is 231 Å². The predicted octanol–water partition coefficient (Wildman–Crippen LogP) is 29.4. The van der Waals surface area contributed by atoms with Crippen molar-refractivity contribution in [3.63, 3.8) is 0 Å². The van der Waals surface area contributed by atoms with E-state index in [9.17, 15) is 0 Å². The van der Waals surface area contributed by atoms with Crippen LogP contribution in [0.3, 0.4) is 0 Å². The molecule has 4 aliphatic rings. The molecule has 4 aliphatic carbocycles. The number of benzene rings is 10. The minimum Gasteiger partial charge on any atom is -0.456 e. The Bertz CT molecular complexity index is 5280. The highest BCUT2D eigenvalue weighted by molar-refractivity contribution is 6.21. The lowest BCUT2D eigenvalue weighted by molar-refractivity contribution is 0.369. The molecule has 17 rings (SSSR count). The van der Waals surface area contributed by atoms with Gasteiger partial charge in [-0.25, -0.2) is 0 Å². The van der Waals surface area contributed by atoms with E-state index in [0.29, 0.717) is 0 Å². The first-order chi connectivity index (χ1) is 48.9. The maximum atomic E-state index is 7.66. The zero-order valence-corrected chi connectivity index (χ0v) is 60.9. The van der Waals surface area contributed by atoms with Crippen LogP contribution >= 0.6 is 0 Å². The molecule has 100 heavy (non-hydrogen) atoms. The monoisotopic (exact) mass is 1320 g/mol. The Morgan fingerprint density at radius 3 is 1.35 bits per heavy atom. The van der Waals surface area contributed by atoms with Gasteiger partial charge in [-0.15, -0.1) is 0 Å². The van der Waals surface area contributed by atoms with E-state index in [4.69, 9.17) is 13.3 Å². The smallest absolute Gasteiger partial charge is 0.144 e. The van der Waals surface area contributed by atoms with Crippen LogP contribution in [0.2, 0.25) is 0 Å². The van der Waals surface area contributed by atoms with Gasteiger partial charge in [0.15, 0.2) is 0 Å². The van der Waals surface area contributed by atoms with Crippen molar-refractivity contribution in [1.29, 1.82) is 0 Å². The topological polar surface area (TPSA) is 42.7 Å². The summed E-state index contributed by atoms with van der Waals surface area (Å²) in [4.78, 5) is 2.63. The van der Waals surface area contributed by atoms with E-state index in [0.717, 1.165) is 68.5 Å². The fraction of sp³-hybridized carbons (Fsp3) is 0.375. The molecule has 3 heterocycles. The van der Waals surface area contributed by atoms with Gasteiger partial charge in [-0.2, -0.15) is 0 Å². The normalized spacial score (nSPS) is 15.3. The Kier molecular flexibility index (Phi) is 16.7. The molecule has 508 valence electrons. The SMILES string of the molecule is CCCCCCCC1(CCCCCCC)c2cc(N(c3ccc4c(c3)C(C)(C)c3cc5c(cc3-4)C(C)(C)c3ccc4oc6ccccc6c4c3-5)c3ccc4oc5ccccc5c4c3)ccc2-c2c1c1c(c3c2oc2ccccc23)-c2ccccc2C1(CCCCCCC)CCCCCCC. The molecule has 0 fully saturated rings. The number of fused-ring (bicyclic) bond motifs is 25. The molecule has 0 unspecified atom stereocenters. The van der Waals surface area contributed by atoms with Crippen LogP contribution in [-0.2, 0) is 21.7 Å². The molecule has 4 nitrogen and oxygen atoms in total. The highest BCUT2D eigenvalue weighted by Gasteiger charge is 2.54. The van der Waals surface area contributed by atoms with Crippen LogP contribution < -0.4 is 4.90 Å². The molecule has 0 saturated carbocycles. The summed E-state index contributed by atoms with van der Waals surface area (Å²) in [6, 6.07) is 68.1. The Morgan fingerprint density at radius 1 is 0.280 bits per heavy atom. The summed E-state index contributed by atoms with van der Waals surface area (Å²) in [5.41, 5.74) is 31.3. The fourth-order valence-electron chi connectivity index (χ4n) is 20.2. The zero-order chi connectivity index (χ0) is 68.1. The van der Waals surface area contributed by atoms with Gasteiger partial charge < -0.3 is 18.2 Å². The molecule has 0 N–H and O–H groups in total. The standard InChI is InChI=1S/C96H101NO3/c1-9-13-17-21-33-53-95(54-34-22-18-14-10-2)74-41-29-25-38-67(74)87-88-70-40-28-32-44-82(70)100-92(88)89-68-49-46-64(59-79(68)96(91(89)90(87)95,55-35-23-19-15-11-3)56-36-24-20-16-12-4)97(62-47-51-83-72(57-62)66-37-26-30-42-80(66)98-83)63-45-48-65-71-60-78-73(61-77(71)94(7,8)76(65)58-63)85-75(93(78,5)6)50-52-84-86(85)69-39-27-31-43-81(69)99-84/h25-32,37-52,57-61H,9-24,33-36,53-56H2,1-8H3. The van der Waals surface area contributed by atoms with Crippen molar-refractivity contribution in [2.24, 2.45) is 0 Å². The molecule has 0 atom stereocenters. The number of rotatable bonds is 27. The largest absolute Gasteiger partial charge is 0.456 e. The number of hydrogen-bond acceptors (Lipinski definition) is 4. The second-order valence-electron chi connectivity index (χ2n) is 31.9. The third-order valence-corrected chi connectivity index (χ3v) is 25.2. The van der Waals surface area contributed by atoms with Gasteiger partial charge >= 0.3 is 0 Å². The predicted molar refractivity (Wildman–Crippen MR) is 424 cm³/mol. The second-order valence-corrected chi connectivity index (χ2v) is 31.9. The summed E-state index contributed by atoms with van der Waals surface area (Å²) >= 11 is 0. The van der Waals surface area contributed by atoms with Crippen LogP contribution in [0.15, 0.2) is 189 Å². The number of furan rings is 3. The molecule has 0 spiro atoms. The molecule has 13 aromatic rings. The summed E-state index contributed by atoms with van der Waals surface area (Å²) in [5.74, 6) is 0. The van der Waals surface area contributed by atoms with Crippen LogP contribution in [0.5, 0.6) is 0 Å². The van der Waals surface area contributed by atoms with Crippen molar-refractivity contribution < 1.29 is 13.3 Å². The Hall–Kier alpha value is -8.60. The van der Waals surface area contributed by atoms with Crippen LogP contribution in [-0.4, -0.2) is 0 Å². The van der Waals surface area contributed by atoms with E-state index in [-0.39, 0.29) is 21.7 Å². The molecule has 3 aromatic heterocycles. The summed E-state index contributed by atoms with van der Waals surface area (Å²) in [5, 5.41) is 7.27. The highest BCUT2D eigenvalue weighted by atomic mass is 16.3. The average molecular weight is 1320 g/mol. The van der Waals surface area contributed by atoms with Gasteiger partial charge in [0.25, 0.3) is 0 Å². The molecular formula is C96H101NO3. The van der Waals surface area contributed by atoms with Gasteiger partial charge in [0, 0.05) is 76.6 Å². The second kappa shape index (κ2) is 25.8. The third kappa shape index (κ3) is 10.1. The first-order valence-corrected chi connectivity index (χ1v) is 39.2. The molecular weight excluding hydrogens is 1220 g/mol. The molecule has 0 bridgehead atoms. The lowest BCUT2D eigenvalue weighted by Crippen LogP contribution is -2.33. The maximum Gasteiger partial charge on any atom is 0.144 e. The van der Waals surface area contributed by atoms with E-state index in [1.807, 2.05) is 0 Å². The van der Waals surface area contributed by atoms with Crippen LogP contribution in [0.4, 0.5) is 17.1 Å². The lowest BCUT2D eigenvalue weighted by atomic mass is 9.62. The summed E-state index contributed by atoms with van der Waals surface area (Å²) in [7, 11) is 0. The summed E-state index contributed by atoms with van der Waals surface area (Å²) < 4.78 is 20.9. The first-order valence-electron chi connectivity index (χ1n) is 39.2. The molecule has 0 radical (unpaired) electrons. The van der Waals surface area contributed by atoms with Gasteiger partial charge in [-0.1, -0.05) is 281 Å². The highest BCUT2D eigenvalue weighted by Crippen LogP contribution is 2.68. The molecule has 10 aromatic carbocycles. The van der Waals surface area contributed by atoms with Crippen molar-refractivity contribution in [3.8, 4) is 44.5 Å². The van der Waals surface area contributed by atoms with Gasteiger partial charge in [0.1, 0.15) is 33.5 Å². The van der Waals surface area contributed by atoms with Crippen molar-refractivity contribution in [1.82, 2.24) is 0 Å². The average Bonchev–Trinajstić information content (AvgIpc) is 1.50. The molecule has 0 aliphatic heterocycles. The van der Waals surface area contributed by atoms with Gasteiger partial charge in [-0.05, 0) is 188 Å². The Morgan fingerprint density at radius 2 is 0.710 bits per heavy atom.